The number of ketones is 2. The van der Waals surface area contributed by atoms with Crippen molar-refractivity contribution in [3.8, 4) is 0 Å². The van der Waals surface area contributed by atoms with Crippen molar-refractivity contribution in [2.45, 2.75) is 214 Å². The predicted octanol–water partition coefficient (Wildman–Crippen LogP) is 12.4. The van der Waals surface area contributed by atoms with Crippen LogP contribution in [-0.2, 0) is 9.59 Å². The molecule has 0 aromatic rings. The van der Waals surface area contributed by atoms with Crippen LogP contribution in [0.4, 0.5) is 0 Å². The standard InChI is InChI=1S/C39H77NO2/c1-5-9-12-17-21-28-37(29-22-18-13-10-6-2)36-39(42)32-25-27-35-40(33-8-4)34-26-20-16-15-19-24-31-38(41)30-23-14-11-7-3/h37H,5-36H2,1-4H3. The van der Waals surface area contributed by atoms with Crippen LogP contribution in [0.15, 0.2) is 0 Å². The molecule has 0 rings (SSSR count). The topological polar surface area (TPSA) is 37.4 Å². The number of hydrogen-bond acceptors (Lipinski definition) is 3. The van der Waals surface area contributed by atoms with Gasteiger partial charge in [0, 0.05) is 25.7 Å². The molecule has 0 aromatic carbocycles. The molecule has 0 saturated heterocycles. The number of nitrogens with zero attached hydrogens (tertiary/aromatic N) is 1. The van der Waals surface area contributed by atoms with Gasteiger partial charge in [-0.25, -0.2) is 0 Å². The van der Waals surface area contributed by atoms with Gasteiger partial charge < -0.3 is 4.90 Å². The van der Waals surface area contributed by atoms with Crippen molar-refractivity contribution < 1.29 is 9.59 Å². The molecule has 3 nitrogen and oxygen atoms in total. The van der Waals surface area contributed by atoms with Crippen molar-refractivity contribution in [3.63, 3.8) is 0 Å². The van der Waals surface area contributed by atoms with Gasteiger partial charge in [0.25, 0.3) is 0 Å². The first kappa shape index (κ1) is 41.3. The second-order valence-corrected chi connectivity index (χ2v) is 13.5. The maximum Gasteiger partial charge on any atom is 0.133 e. The first-order valence-electron chi connectivity index (χ1n) is 19.3. The third-order valence-electron chi connectivity index (χ3n) is 9.16. The molecule has 0 aromatic heterocycles. The van der Waals surface area contributed by atoms with E-state index < -0.39 is 0 Å². The molecule has 0 radical (unpaired) electrons. The normalized spacial score (nSPS) is 11.7. The Kier molecular flexibility index (Phi) is 32.6. The summed E-state index contributed by atoms with van der Waals surface area (Å²) in [6.45, 7) is 12.6. The van der Waals surface area contributed by atoms with Gasteiger partial charge >= 0.3 is 0 Å². The molecular weight excluding hydrogens is 514 g/mol. The Morgan fingerprint density at radius 1 is 0.405 bits per heavy atom. The Hall–Kier alpha value is -0.700. The van der Waals surface area contributed by atoms with Crippen LogP contribution in [0.5, 0.6) is 0 Å². The van der Waals surface area contributed by atoms with Crippen LogP contribution in [-0.4, -0.2) is 36.1 Å². The molecule has 0 amide bonds. The van der Waals surface area contributed by atoms with Gasteiger partial charge in [-0.2, -0.15) is 0 Å². The van der Waals surface area contributed by atoms with Crippen molar-refractivity contribution in [3.05, 3.63) is 0 Å². The fraction of sp³-hybridized carbons (Fsp3) is 0.949. The van der Waals surface area contributed by atoms with E-state index in [1.54, 1.807) is 0 Å². The van der Waals surface area contributed by atoms with Crippen LogP contribution >= 0.6 is 0 Å². The molecule has 0 unspecified atom stereocenters. The molecule has 250 valence electrons. The smallest absolute Gasteiger partial charge is 0.133 e. The van der Waals surface area contributed by atoms with Crippen molar-refractivity contribution in [2.24, 2.45) is 5.92 Å². The molecule has 0 aliphatic carbocycles. The Morgan fingerprint density at radius 2 is 0.786 bits per heavy atom. The summed E-state index contributed by atoms with van der Waals surface area (Å²) in [7, 11) is 0. The zero-order valence-electron chi connectivity index (χ0n) is 29.5. The number of carbonyl (C=O) groups is 2. The summed E-state index contributed by atoms with van der Waals surface area (Å²) >= 11 is 0. The number of Topliss-reactive ketones (excluding diaryl/α,β-unsaturated/α-hetero) is 2. The summed E-state index contributed by atoms with van der Waals surface area (Å²) in [6, 6.07) is 0. The second-order valence-electron chi connectivity index (χ2n) is 13.5. The molecule has 0 saturated carbocycles. The van der Waals surface area contributed by atoms with E-state index in [4.69, 9.17) is 0 Å². The van der Waals surface area contributed by atoms with Gasteiger partial charge in [-0.3, -0.25) is 9.59 Å². The predicted molar refractivity (Wildman–Crippen MR) is 187 cm³/mol. The summed E-state index contributed by atoms with van der Waals surface area (Å²) in [5, 5.41) is 0. The molecule has 0 spiro atoms. The van der Waals surface area contributed by atoms with Crippen LogP contribution in [0.3, 0.4) is 0 Å². The molecule has 0 atom stereocenters. The van der Waals surface area contributed by atoms with E-state index in [2.05, 4.69) is 32.6 Å². The minimum Gasteiger partial charge on any atom is -0.303 e. The van der Waals surface area contributed by atoms with Gasteiger partial charge in [0.05, 0.1) is 0 Å². The first-order chi connectivity index (χ1) is 20.6. The van der Waals surface area contributed by atoms with E-state index in [-0.39, 0.29) is 0 Å². The quantitative estimate of drug-likeness (QED) is 0.0688. The van der Waals surface area contributed by atoms with Gasteiger partial charge in [0.2, 0.25) is 0 Å². The van der Waals surface area contributed by atoms with Gasteiger partial charge in [0.1, 0.15) is 11.6 Å². The highest BCUT2D eigenvalue weighted by atomic mass is 16.1. The lowest BCUT2D eigenvalue weighted by Gasteiger charge is -2.21. The largest absolute Gasteiger partial charge is 0.303 e. The Balaban J connectivity index is 4.04. The molecule has 0 fully saturated rings. The molecule has 0 N–H and O–H groups in total. The average molecular weight is 592 g/mol. The number of hydrogen-bond donors (Lipinski definition) is 0. The molecule has 0 heterocycles. The lowest BCUT2D eigenvalue weighted by molar-refractivity contribution is -0.120. The summed E-state index contributed by atoms with van der Waals surface area (Å²) in [5.74, 6) is 1.65. The van der Waals surface area contributed by atoms with E-state index >= 15 is 0 Å². The van der Waals surface area contributed by atoms with Crippen LogP contribution in [0.25, 0.3) is 0 Å². The molecular formula is C39H77NO2. The highest BCUT2D eigenvalue weighted by Crippen LogP contribution is 2.23. The first-order valence-corrected chi connectivity index (χ1v) is 19.3. The Morgan fingerprint density at radius 3 is 1.31 bits per heavy atom. The fourth-order valence-electron chi connectivity index (χ4n) is 6.39. The van der Waals surface area contributed by atoms with Gasteiger partial charge in [-0.15, -0.1) is 0 Å². The highest BCUT2D eigenvalue weighted by molar-refractivity contribution is 5.78. The average Bonchev–Trinajstić information content (AvgIpc) is 2.98. The van der Waals surface area contributed by atoms with E-state index in [9.17, 15) is 9.59 Å². The second kappa shape index (κ2) is 33.2. The summed E-state index contributed by atoms with van der Waals surface area (Å²) in [4.78, 5) is 27.5. The summed E-state index contributed by atoms with van der Waals surface area (Å²) < 4.78 is 0. The summed E-state index contributed by atoms with van der Waals surface area (Å²) in [5.41, 5.74) is 0. The van der Waals surface area contributed by atoms with Gasteiger partial charge in [-0.05, 0) is 64.1 Å². The zero-order valence-corrected chi connectivity index (χ0v) is 29.5. The van der Waals surface area contributed by atoms with Crippen molar-refractivity contribution in [1.29, 1.82) is 0 Å². The van der Waals surface area contributed by atoms with E-state index in [0.29, 0.717) is 17.5 Å². The highest BCUT2D eigenvalue weighted by Gasteiger charge is 2.14. The molecule has 0 aliphatic heterocycles. The Bertz CT molecular complexity index is 561. The van der Waals surface area contributed by atoms with Gasteiger partial charge in [0.15, 0.2) is 0 Å². The molecule has 42 heavy (non-hydrogen) atoms. The fourth-order valence-corrected chi connectivity index (χ4v) is 6.39. The lowest BCUT2D eigenvalue weighted by atomic mass is 9.89. The Labute approximate surface area is 265 Å². The number of rotatable bonds is 35. The number of carbonyl (C=O) groups excluding carboxylic acids is 2. The maximum atomic E-state index is 12.9. The van der Waals surface area contributed by atoms with E-state index in [0.717, 1.165) is 57.9 Å². The third-order valence-corrected chi connectivity index (χ3v) is 9.16. The van der Waals surface area contributed by atoms with Crippen LogP contribution in [0, 0.1) is 5.92 Å². The maximum absolute atomic E-state index is 12.9. The number of unbranched alkanes of at least 4 members (excludes halogenated alkanes) is 17. The third kappa shape index (κ3) is 29.4. The van der Waals surface area contributed by atoms with Crippen molar-refractivity contribution in [1.82, 2.24) is 4.90 Å². The zero-order chi connectivity index (χ0) is 30.9. The van der Waals surface area contributed by atoms with Crippen molar-refractivity contribution in [2.75, 3.05) is 19.6 Å². The summed E-state index contributed by atoms with van der Waals surface area (Å²) in [6.07, 6.45) is 34.9. The van der Waals surface area contributed by atoms with E-state index in [1.807, 2.05) is 0 Å². The minimum atomic E-state index is 0.485. The van der Waals surface area contributed by atoms with Crippen LogP contribution in [0.1, 0.15) is 214 Å². The minimum absolute atomic E-state index is 0.485. The molecule has 0 bridgehead atoms. The molecule has 0 aliphatic rings. The monoisotopic (exact) mass is 592 g/mol. The van der Waals surface area contributed by atoms with Crippen LogP contribution in [0.2, 0.25) is 0 Å². The SMILES string of the molecule is CCCCCCCC(CCCCCCC)CC(=O)CCCCN(CCC)CCCCCCCCC(=O)CCCCCC. The van der Waals surface area contributed by atoms with Crippen LogP contribution < -0.4 is 0 Å². The van der Waals surface area contributed by atoms with Crippen molar-refractivity contribution >= 4 is 11.6 Å². The van der Waals surface area contributed by atoms with E-state index in [1.165, 1.54) is 148 Å². The lowest BCUT2D eigenvalue weighted by Crippen LogP contribution is -2.27. The van der Waals surface area contributed by atoms with Gasteiger partial charge in [-0.1, -0.05) is 150 Å². The molecule has 3 heteroatoms.